The molecule has 2 nitrogen and oxygen atoms in total. The van der Waals surface area contributed by atoms with Crippen LogP contribution in [0.2, 0.25) is 0 Å². The first-order chi connectivity index (χ1) is 12.0. The molecule has 0 bridgehead atoms. The van der Waals surface area contributed by atoms with Crippen molar-refractivity contribution in [2.24, 2.45) is 0 Å². The Morgan fingerprint density at radius 1 is 0.880 bits per heavy atom. The summed E-state index contributed by atoms with van der Waals surface area (Å²) < 4.78 is 2.23. The minimum absolute atomic E-state index is 0.684. The van der Waals surface area contributed by atoms with Crippen molar-refractivity contribution in [3.63, 3.8) is 0 Å². The van der Waals surface area contributed by atoms with Gasteiger partial charge in [0, 0.05) is 17.1 Å². The van der Waals surface area contributed by atoms with Crippen LogP contribution >= 0.6 is 0 Å². The van der Waals surface area contributed by atoms with Gasteiger partial charge < -0.3 is 4.57 Å². The lowest BCUT2D eigenvalue weighted by Crippen LogP contribution is -1.98. The Balaban J connectivity index is 2.06. The van der Waals surface area contributed by atoms with Gasteiger partial charge in [-0.3, -0.25) is 0 Å². The van der Waals surface area contributed by atoms with Crippen molar-refractivity contribution in [1.82, 2.24) is 4.57 Å². The second-order valence-electron chi connectivity index (χ2n) is 6.53. The molecule has 0 radical (unpaired) electrons. The molecule has 1 aromatic heterocycles. The van der Waals surface area contributed by atoms with E-state index in [0.29, 0.717) is 5.57 Å². The maximum atomic E-state index is 9.60. The van der Waals surface area contributed by atoms with Crippen LogP contribution < -0.4 is 0 Å². The van der Waals surface area contributed by atoms with E-state index in [1.807, 2.05) is 30.3 Å². The van der Waals surface area contributed by atoms with Crippen LogP contribution in [-0.4, -0.2) is 4.57 Å². The zero-order valence-corrected chi connectivity index (χ0v) is 15.2. The largest absolute Gasteiger partial charge is 0.318 e. The standard InChI is InChI=1S/C23H22N2/c1-16-5-9-20(10-6-16)22(15-24)14-21-13-18(3)25(19(21)4)23-11-7-17(2)8-12-23/h5-14H,1-4H3/b22-14+. The number of aryl methyl sites for hydroxylation is 3. The van der Waals surface area contributed by atoms with E-state index in [1.54, 1.807) is 0 Å². The Kier molecular flexibility index (Phi) is 4.59. The highest BCUT2D eigenvalue weighted by molar-refractivity contribution is 5.90. The highest BCUT2D eigenvalue weighted by atomic mass is 15.0. The van der Waals surface area contributed by atoms with E-state index >= 15 is 0 Å². The van der Waals surface area contributed by atoms with E-state index in [2.05, 4.69) is 68.7 Å². The molecular formula is C23H22N2. The topological polar surface area (TPSA) is 28.7 Å². The molecule has 0 saturated carbocycles. The smallest absolute Gasteiger partial charge is 0.0998 e. The fourth-order valence-corrected chi connectivity index (χ4v) is 3.09. The normalized spacial score (nSPS) is 11.4. The highest BCUT2D eigenvalue weighted by Gasteiger charge is 2.11. The zero-order chi connectivity index (χ0) is 18.0. The number of nitriles is 1. The summed E-state index contributed by atoms with van der Waals surface area (Å²) in [6.45, 7) is 8.34. The quantitative estimate of drug-likeness (QED) is 0.561. The lowest BCUT2D eigenvalue weighted by Gasteiger charge is -2.10. The number of hydrogen-bond donors (Lipinski definition) is 0. The van der Waals surface area contributed by atoms with Gasteiger partial charge in [-0.1, -0.05) is 47.5 Å². The fraction of sp³-hybridized carbons (Fsp3) is 0.174. The summed E-state index contributed by atoms with van der Waals surface area (Å²) in [5, 5.41) is 9.60. The third kappa shape index (κ3) is 3.41. The van der Waals surface area contributed by atoms with Crippen molar-refractivity contribution in [3.8, 4) is 11.8 Å². The van der Waals surface area contributed by atoms with Crippen LogP contribution in [0.25, 0.3) is 17.3 Å². The first-order valence-corrected chi connectivity index (χ1v) is 8.44. The fourth-order valence-electron chi connectivity index (χ4n) is 3.09. The third-order valence-electron chi connectivity index (χ3n) is 4.55. The summed E-state index contributed by atoms with van der Waals surface area (Å²) in [6, 6.07) is 21.1. The molecule has 0 saturated heterocycles. The van der Waals surface area contributed by atoms with Gasteiger partial charge in [-0.15, -0.1) is 0 Å². The van der Waals surface area contributed by atoms with Crippen molar-refractivity contribution < 1.29 is 0 Å². The predicted molar refractivity (Wildman–Crippen MR) is 105 cm³/mol. The van der Waals surface area contributed by atoms with Crippen molar-refractivity contribution in [2.45, 2.75) is 27.7 Å². The molecule has 0 N–H and O–H groups in total. The number of allylic oxidation sites excluding steroid dienone is 1. The average Bonchev–Trinajstić information content (AvgIpc) is 2.88. The van der Waals surface area contributed by atoms with Gasteiger partial charge in [0.1, 0.15) is 0 Å². The minimum atomic E-state index is 0.684. The average molecular weight is 326 g/mol. The summed E-state index contributed by atoms with van der Waals surface area (Å²) in [7, 11) is 0. The first kappa shape index (κ1) is 16.8. The maximum Gasteiger partial charge on any atom is 0.0998 e. The molecule has 0 aliphatic carbocycles. The molecule has 0 spiro atoms. The van der Waals surface area contributed by atoms with Crippen LogP contribution in [0.5, 0.6) is 0 Å². The number of benzene rings is 2. The van der Waals surface area contributed by atoms with Gasteiger partial charge in [0.2, 0.25) is 0 Å². The Labute approximate surface area is 149 Å². The van der Waals surface area contributed by atoms with Gasteiger partial charge in [-0.25, -0.2) is 0 Å². The second kappa shape index (κ2) is 6.83. The molecule has 3 aromatic rings. The zero-order valence-electron chi connectivity index (χ0n) is 15.2. The van der Waals surface area contributed by atoms with Gasteiger partial charge in [0.25, 0.3) is 0 Å². The van der Waals surface area contributed by atoms with E-state index in [4.69, 9.17) is 0 Å². The number of nitrogens with zero attached hydrogens (tertiary/aromatic N) is 2. The highest BCUT2D eigenvalue weighted by Crippen LogP contribution is 2.25. The van der Waals surface area contributed by atoms with Crippen LogP contribution in [0.1, 0.15) is 33.6 Å². The Morgan fingerprint density at radius 2 is 1.44 bits per heavy atom. The Hall–Kier alpha value is -3.05. The van der Waals surface area contributed by atoms with Gasteiger partial charge in [-0.2, -0.15) is 5.26 Å². The van der Waals surface area contributed by atoms with Crippen LogP contribution in [-0.2, 0) is 0 Å². The number of hydrogen-bond acceptors (Lipinski definition) is 1. The lowest BCUT2D eigenvalue weighted by atomic mass is 10.0. The van der Waals surface area contributed by atoms with Crippen LogP contribution in [0.4, 0.5) is 0 Å². The summed E-state index contributed by atoms with van der Waals surface area (Å²) >= 11 is 0. The maximum absolute atomic E-state index is 9.60. The summed E-state index contributed by atoms with van der Waals surface area (Å²) in [5.41, 5.74) is 8.60. The van der Waals surface area contributed by atoms with Gasteiger partial charge >= 0.3 is 0 Å². The third-order valence-corrected chi connectivity index (χ3v) is 4.55. The molecular weight excluding hydrogens is 304 g/mol. The first-order valence-electron chi connectivity index (χ1n) is 8.44. The van der Waals surface area contributed by atoms with Crippen LogP contribution in [0.3, 0.4) is 0 Å². The minimum Gasteiger partial charge on any atom is -0.318 e. The molecule has 0 unspecified atom stereocenters. The monoisotopic (exact) mass is 326 g/mol. The van der Waals surface area contributed by atoms with Crippen LogP contribution in [0.15, 0.2) is 54.6 Å². The van der Waals surface area contributed by atoms with Crippen molar-refractivity contribution in [2.75, 3.05) is 0 Å². The summed E-state index contributed by atoms with van der Waals surface area (Å²) in [6.07, 6.45) is 1.98. The SMILES string of the molecule is Cc1ccc(/C(C#N)=C/c2cc(C)n(-c3ccc(C)cc3)c2C)cc1. The summed E-state index contributed by atoms with van der Waals surface area (Å²) in [5.74, 6) is 0. The van der Waals surface area contributed by atoms with E-state index in [-0.39, 0.29) is 0 Å². The predicted octanol–water partition coefficient (Wildman–Crippen LogP) is 5.78. The molecule has 0 atom stereocenters. The molecule has 0 aliphatic heterocycles. The van der Waals surface area contributed by atoms with Gasteiger partial charge in [0.05, 0.1) is 11.6 Å². The summed E-state index contributed by atoms with van der Waals surface area (Å²) in [4.78, 5) is 0. The Bertz CT molecular complexity index is 963. The lowest BCUT2D eigenvalue weighted by molar-refractivity contribution is 0.963. The van der Waals surface area contributed by atoms with Crippen molar-refractivity contribution >= 4 is 11.6 Å². The van der Waals surface area contributed by atoms with Crippen LogP contribution in [0, 0.1) is 39.0 Å². The molecule has 2 aromatic carbocycles. The molecule has 25 heavy (non-hydrogen) atoms. The number of rotatable bonds is 3. The number of aromatic nitrogens is 1. The van der Waals surface area contributed by atoms with E-state index in [9.17, 15) is 5.26 Å². The van der Waals surface area contributed by atoms with Gasteiger partial charge in [0.15, 0.2) is 0 Å². The molecule has 124 valence electrons. The molecule has 0 amide bonds. The molecule has 0 fully saturated rings. The molecule has 3 rings (SSSR count). The van der Waals surface area contributed by atoms with E-state index in [1.165, 1.54) is 11.1 Å². The Morgan fingerprint density at radius 3 is 2.00 bits per heavy atom. The van der Waals surface area contributed by atoms with Gasteiger partial charge in [-0.05, 0) is 63.1 Å². The molecule has 1 heterocycles. The van der Waals surface area contributed by atoms with Crippen molar-refractivity contribution in [3.05, 3.63) is 88.2 Å². The molecule has 2 heteroatoms. The van der Waals surface area contributed by atoms with E-state index < -0.39 is 0 Å². The second-order valence-corrected chi connectivity index (χ2v) is 6.53. The molecule has 0 aliphatic rings. The van der Waals surface area contributed by atoms with Crippen molar-refractivity contribution in [1.29, 1.82) is 5.26 Å². The van der Waals surface area contributed by atoms with E-state index in [0.717, 1.165) is 28.2 Å².